The van der Waals surface area contributed by atoms with Gasteiger partial charge in [0.15, 0.2) is 11.5 Å². The van der Waals surface area contributed by atoms with Gasteiger partial charge in [0, 0.05) is 11.9 Å². The highest BCUT2D eigenvalue weighted by atomic mass is 15.3. The van der Waals surface area contributed by atoms with E-state index < -0.39 is 0 Å². The van der Waals surface area contributed by atoms with Crippen LogP contribution in [0.2, 0.25) is 0 Å². The summed E-state index contributed by atoms with van der Waals surface area (Å²) in [5.41, 5.74) is 3.78. The van der Waals surface area contributed by atoms with Crippen LogP contribution in [-0.4, -0.2) is 44.9 Å². The molecule has 0 aliphatic carbocycles. The molecule has 0 radical (unpaired) electrons. The summed E-state index contributed by atoms with van der Waals surface area (Å²) in [7, 11) is 0. The van der Waals surface area contributed by atoms with Crippen molar-refractivity contribution in [1.82, 2.24) is 19.7 Å². The SMILES string of the molecule is Cc1nn(-c2ccccc2)c2nc3c(cc12)C1=NCCN1C=N3. The van der Waals surface area contributed by atoms with Gasteiger partial charge in [-0.05, 0) is 25.1 Å². The van der Waals surface area contributed by atoms with Crippen molar-refractivity contribution in [2.45, 2.75) is 6.92 Å². The molecule has 2 aliphatic heterocycles. The van der Waals surface area contributed by atoms with Gasteiger partial charge in [-0.15, -0.1) is 0 Å². The molecule has 0 unspecified atom stereocenters. The average molecular weight is 302 g/mol. The highest BCUT2D eigenvalue weighted by molar-refractivity contribution is 6.12. The van der Waals surface area contributed by atoms with Crippen LogP contribution >= 0.6 is 0 Å². The number of benzene rings is 1. The van der Waals surface area contributed by atoms with Crippen molar-refractivity contribution in [2.75, 3.05) is 13.1 Å². The molecule has 6 heteroatoms. The molecule has 0 fully saturated rings. The number of aliphatic imine (C=N–C) groups is 2. The van der Waals surface area contributed by atoms with Gasteiger partial charge in [0.1, 0.15) is 5.84 Å². The van der Waals surface area contributed by atoms with E-state index in [4.69, 9.17) is 4.98 Å². The van der Waals surface area contributed by atoms with E-state index in [-0.39, 0.29) is 0 Å². The van der Waals surface area contributed by atoms with E-state index in [0.29, 0.717) is 5.82 Å². The predicted octanol–water partition coefficient (Wildman–Crippen LogP) is 2.46. The Balaban J connectivity index is 1.79. The van der Waals surface area contributed by atoms with Gasteiger partial charge in [-0.25, -0.2) is 14.7 Å². The molecular formula is C17H14N6. The summed E-state index contributed by atoms with van der Waals surface area (Å²) in [4.78, 5) is 15.9. The Morgan fingerprint density at radius 3 is 2.87 bits per heavy atom. The fraction of sp³-hybridized carbons (Fsp3) is 0.176. The lowest BCUT2D eigenvalue weighted by atomic mass is 10.1. The Bertz CT molecular complexity index is 983. The van der Waals surface area contributed by atoms with E-state index in [0.717, 1.165) is 46.9 Å². The first kappa shape index (κ1) is 12.5. The smallest absolute Gasteiger partial charge is 0.167 e. The van der Waals surface area contributed by atoms with Crippen LogP contribution in [0.1, 0.15) is 11.3 Å². The van der Waals surface area contributed by atoms with Crippen LogP contribution < -0.4 is 0 Å². The highest BCUT2D eigenvalue weighted by Crippen LogP contribution is 2.30. The number of hydrogen-bond donors (Lipinski definition) is 0. The third-order valence-electron chi connectivity index (χ3n) is 4.26. The third-order valence-corrected chi connectivity index (χ3v) is 4.26. The first-order valence-corrected chi connectivity index (χ1v) is 7.63. The molecule has 2 aliphatic rings. The zero-order chi connectivity index (χ0) is 15.4. The van der Waals surface area contributed by atoms with Gasteiger partial charge < -0.3 is 4.90 Å². The molecule has 0 amide bonds. The quantitative estimate of drug-likeness (QED) is 0.694. The lowest BCUT2D eigenvalue weighted by Crippen LogP contribution is -2.29. The minimum Gasteiger partial charge on any atom is -0.315 e. The molecule has 23 heavy (non-hydrogen) atoms. The number of aromatic nitrogens is 3. The Kier molecular flexibility index (Phi) is 2.44. The van der Waals surface area contributed by atoms with Crippen LogP contribution in [0, 0.1) is 6.92 Å². The summed E-state index contributed by atoms with van der Waals surface area (Å²) >= 11 is 0. The topological polar surface area (TPSA) is 58.7 Å². The largest absolute Gasteiger partial charge is 0.315 e. The summed E-state index contributed by atoms with van der Waals surface area (Å²) < 4.78 is 1.88. The average Bonchev–Trinajstić information content (AvgIpc) is 3.19. The summed E-state index contributed by atoms with van der Waals surface area (Å²) in [6.07, 6.45) is 1.82. The molecule has 112 valence electrons. The highest BCUT2D eigenvalue weighted by Gasteiger charge is 2.26. The molecule has 5 rings (SSSR count). The Morgan fingerprint density at radius 1 is 1.13 bits per heavy atom. The summed E-state index contributed by atoms with van der Waals surface area (Å²) in [6, 6.07) is 12.2. The molecule has 0 atom stereocenters. The van der Waals surface area contributed by atoms with E-state index in [1.807, 2.05) is 48.3 Å². The van der Waals surface area contributed by atoms with E-state index in [2.05, 4.69) is 26.0 Å². The number of rotatable bonds is 1. The van der Waals surface area contributed by atoms with Gasteiger partial charge in [-0.1, -0.05) is 18.2 Å². The molecular weight excluding hydrogens is 288 g/mol. The maximum atomic E-state index is 4.77. The van der Waals surface area contributed by atoms with Crippen molar-refractivity contribution in [2.24, 2.45) is 9.98 Å². The number of amidine groups is 1. The van der Waals surface area contributed by atoms with Crippen molar-refractivity contribution in [1.29, 1.82) is 0 Å². The van der Waals surface area contributed by atoms with Crippen LogP contribution in [0.3, 0.4) is 0 Å². The van der Waals surface area contributed by atoms with Crippen LogP contribution in [0.25, 0.3) is 16.7 Å². The fourth-order valence-electron chi connectivity index (χ4n) is 3.12. The van der Waals surface area contributed by atoms with Gasteiger partial charge >= 0.3 is 0 Å². The van der Waals surface area contributed by atoms with Crippen LogP contribution in [0.5, 0.6) is 0 Å². The Labute approximate surface area is 132 Å². The molecule has 4 heterocycles. The van der Waals surface area contributed by atoms with Gasteiger partial charge in [0.25, 0.3) is 0 Å². The number of aryl methyl sites for hydroxylation is 1. The normalized spacial score (nSPS) is 15.7. The minimum atomic E-state index is 0.714. The third kappa shape index (κ3) is 1.75. The second kappa shape index (κ2) is 4.49. The van der Waals surface area contributed by atoms with Gasteiger partial charge in [0.2, 0.25) is 0 Å². The molecule has 0 N–H and O–H groups in total. The fourth-order valence-corrected chi connectivity index (χ4v) is 3.12. The predicted molar refractivity (Wildman–Crippen MR) is 89.9 cm³/mol. The molecule has 1 aromatic carbocycles. The summed E-state index contributed by atoms with van der Waals surface area (Å²) in [5.74, 6) is 1.68. The summed E-state index contributed by atoms with van der Waals surface area (Å²) in [6.45, 7) is 3.70. The zero-order valence-electron chi connectivity index (χ0n) is 12.6. The van der Waals surface area contributed by atoms with Crippen LogP contribution in [-0.2, 0) is 0 Å². The second-order valence-corrected chi connectivity index (χ2v) is 5.71. The Hall–Kier alpha value is -3.02. The molecule has 0 saturated carbocycles. The van der Waals surface area contributed by atoms with Gasteiger partial charge in [0.05, 0.1) is 29.8 Å². The first-order valence-electron chi connectivity index (χ1n) is 7.63. The van der Waals surface area contributed by atoms with Gasteiger partial charge in [-0.2, -0.15) is 5.10 Å². The van der Waals surface area contributed by atoms with E-state index in [1.165, 1.54) is 0 Å². The molecule has 6 nitrogen and oxygen atoms in total. The zero-order valence-corrected chi connectivity index (χ0v) is 12.6. The molecule has 3 aromatic rings. The van der Waals surface area contributed by atoms with Crippen molar-refractivity contribution in [3.63, 3.8) is 0 Å². The van der Waals surface area contributed by atoms with Crippen molar-refractivity contribution in [3.8, 4) is 5.69 Å². The van der Waals surface area contributed by atoms with Crippen LogP contribution in [0.15, 0.2) is 46.4 Å². The molecule has 0 spiro atoms. The summed E-state index contributed by atoms with van der Waals surface area (Å²) in [5, 5.41) is 5.71. The monoisotopic (exact) mass is 302 g/mol. The van der Waals surface area contributed by atoms with E-state index in [1.54, 1.807) is 0 Å². The van der Waals surface area contributed by atoms with E-state index in [9.17, 15) is 0 Å². The molecule has 2 aromatic heterocycles. The minimum absolute atomic E-state index is 0.714. The number of pyridine rings is 1. The first-order chi connectivity index (χ1) is 11.3. The van der Waals surface area contributed by atoms with Gasteiger partial charge in [-0.3, -0.25) is 4.99 Å². The van der Waals surface area contributed by atoms with E-state index >= 15 is 0 Å². The maximum absolute atomic E-state index is 4.77. The number of para-hydroxylation sites is 1. The number of fused-ring (bicyclic) bond motifs is 4. The number of nitrogens with zero attached hydrogens (tertiary/aromatic N) is 6. The van der Waals surface area contributed by atoms with Crippen molar-refractivity contribution < 1.29 is 0 Å². The van der Waals surface area contributed by atoms with Crippen molar-refractivity contribution >= 4 is 29.0 Å². The number of hydrogen-bond acceptors (Lipinski definition) is 5. The van der Waals surface area contributed by atoms with Crippen LogP contribution in [0.4, 0.5) is 5.82 Å². The molecule has 0 saturated heterocycles. The van der Waals surface area contributed by atoms with Crippen molar-refractivity contribution in [3.05, 3.63) is 47.7 Å². The Morgan fingerprint density at radius 2 is 2.00 bits per heavy atom. The lowest BCUT2D eigenvalue weighted by Gasteiger charge is -2.20. The molecule has 0 bridgehead atoms. The maximum Gasteiger partial charge on any atom is 0.167 e. The lowest BCUT2D eigenvalue weighted by molar-refractivity contribution is 0.679. The second-order valence-electron chi connectivity index (χ2n) is 5.71. The standard InChI is InChI=1S/C17H14N6/c1-11-13-9-14-15(19-10-22-8-7-18-16(14)22)20-17(13)23(21-11)12-5-3-2-4-6-12/h2-6,9-10H,7-8H2,1H3.